The summed E-state index contributed by atoms with van der Waals surface area (Å²) in [6.07, 6.45) is 0. The second-order valence-electron chi connectivity index (χ2n) is 10.1. The SMILES string of the molecule is c1ccc(-c2cc(-c3ccccc3)cc(-c3ccc4c(c3)c3ccccc3c3nc5ccccc5n43)c2)cc1. The molecule has 0 aliphatic carbocycles. The molecule has 0 atom stereocenters. The van der Waals surface area contributed by atoms with Crippen molar-refractivity contribution in [2.24, 2.45) is 0 Å². The van der Waals surface area contributed by atoms with Crippen molar-refractivity contribution in [3.63, 3.8) is 0 Å². The molecule has 6 aromatic carbocycles. The van der Waals surface area contributed by atoms with E-state index in [4.69, 9.17) is 4.98 Å². The van der Waals surface area contributed by atoms with Crippen LogP contribution in [0.1, 0.15) is 0 Å². The van der Waals surface area contributed by atoms with Crippen LogP contribution in [0.4, 0.5) is 0 Å². The van der Waals surface area contributed by atoms with Crippen LogP contribution in [0, 0.1) is 0 Å². The lowest BCUT2D eigenvalue weighted by Gasteiger charge is -2.14. The number of imidazole rings is 1. The van der Waals surface area contributed by atoms with E-state index in [0.717, 1.165) is 16.7 Å². The van der Waals surface area contributed by atoms with Crippen LogP contribution in [0.5, 0.6) is 0 Å². The van der Waals surface area contributed by atoms with E-state index < -0.39 is 0 Å². The summed E-state index contributed by atoms with van der Waals surface area (Å²) in [5.74, 6) is 0. The lowest BCUT2D eigenvalue weighted by molar-refractivity contribution is 1.31. The van der Waals surface area contributed by atoms with Gasteiger partial charge in [0.05, 0.1) is 16.6 Å². The smallest absolute Gasteiger partial charge is 0.146 e. The molecular formula is C37H24N2. The molecule has 39 heavy (non-hydrogen) atoms. The van der Waals surface area contributed by atoms with Crippen LogP contribution in [0.2, 0.25) is 0 Å². The fourth-order valence-electron chi connectivity index (χ4n) is 5.88. The number of fused-ring (bicyclic) bond motifs is 8. The monoisotopic (exact) mass is 496 g/mol. The van der Waals surface area contributed by atoms with Crippen LogP contribution in [0.15, 0.2) is 146 Å². The molecule has 2 aromatic heterocycles. The second-order valence-corrected chi connectivity index (χ2v) is 10.1. The zero-order valence-electron chi connectivity index (χ0n) is 21.3. The zero-order chi connectivity index (χ0) is 25.8. The van der Waals surface area contributed by atoms with Crippen molar-refractivity contribution in [1.29, 1.82) is 0 Å². The number of hydrogen-bond acceptors (Lipinski definition) is 1. The van der Waals surface area contributed by atoms with Crippen molar-refractivity contribution in [3.8, 4) is 33.4 Å². The molecule has 0 amide bonds. The summed E-state index contributed by atoms with van der Waals surface area (Å²) in [5.41, 5.74) is 11.6. The average Bonchev–Trinajstić information content (AvgIpc) is 3.42. The van der Waals surface area contributed by atoms with Gasteiger partial charge in [-0.3, -0.25) is 4.40 Å². The topological polar surface area (TPSA) is 17.3 Å². The number of rotatable bonds is 3. The number of para-hydroxylation sites is 2. The minimum atomic E-state index is 1.00. The first-order valence-corrected chi connectivity index (χ1v) is 13.3. The third-order valence-electron chi connectivity index (χ3n) is 7.74. The van der Waals surface area contributed by atoms with Crippen molar-refractivity contribution < 1.29 is 0 Å². The van der Waals surface area contributed by atoms with E-state index in [1.54, 1.807) is 0 Å². The predicted octanol–water partition coefficient (Wildman–Crippen LogP) is 9.79. The van der Waals surface area contributed by atoms with Gasteiger partial charge < -0.3 is 0 Å². The highest BCUT2D eigenvalue weighted by molar-refractivity contribution is 6.14. The van der Waals surface area contributed by atoms with Gasteiger partial charge in [0.15, 0.2) is 0 Å². The number of pyridine rings is 1. The molecule has 8 rings (SSSR count). The van der Waals surface area contributed by atoms with Crippen LogP contribution in [-0.4, -0.2) is 9.38 Å². The maximum absolute atomic E-state index is 5.03. The molecule has 0 aliphatic rings. The van der Waals surface area contributed by atoms with Gasteiger partial charge >= 0.3 is 0 Å². The van der Waals surface area contributed by atoms with Gasteiger partial charge in [0.25, 0.3) is 0 Å². The Balaban J connectivity index is 1.42. The van der Waals surface area contributed by atoms with E-state index in [2.05, 4.69) is 150 Å². The Morgan fingerprint density at radius 3 is 1.62 bits per heavy atom. The van der Waals surface area contributed by atoms with Crippen molar-refractivity contribution in [3.05, 3.63) is 146 Å². The number of aromatic nitrogens is 2. The summed E-state index contributed by atoms with van der Waals surface area (Å²) in [5, 5.41) is 3.62. The van der Waals surface area contributed by atoms with Gasteiger partial charge in [0.2, 0.25) is 0 Å². The molecule has 0 aliphatic heterocycles. The first-order valence-electron chi connectivity index (χ1n) is 13.3. The fourth-order valence-corrected chi connectivity index (χ4v) is 5.88. The van der Waals surface area contributed by atoms with Gasteiger partial charge in [0, 0.05) is 10.8 Å². The fraction of sp³-hybridized carbons (Fsp3) is 0. The lowest BCUT2D eigenvalue weighted by atomic mass is 9.92. The van der Waals surface area contributed by atoms with E-state index in [-0.39, 0.29) is 0 Å². The maximum atomic E-state index is 5.03. The quantitative estimate of drug-likeness (QED) is 0.223. The van der Waals surface area contributed by atoms with Gasteiger partial charge in [0.1, 0.15) is 5.65 Å². The summed E-state index contributed by atoms with van der Waals surface area (Å²) in [4.78, 5) is 5.03. The summed E-state index contributed by atoms with van der Waals surface area (Å²) >= 11 is 0. The Bertz CT molecular complexity index is 2100. The number of benzene rings is 6. The van der Waals surface area contributed by atoms with Crippen molar-refractivity contribution in [1.82, 2.24) is 9.38 Å². The minimum absolute atomic E-state index is 1.00. The summed E-state index contributed by atoms with van der Waals surface area (Å²) in [7, 11) is 0. The zero-order valence-corrected chi connectivity index (χ0v) is 21.3. The molecule has 182 valence electrons. The molecule has 0 N–H and O–H groups in total. The van der Waals surface area contributed by atoms with Crippen molar-refractivity contribution in [2.45, 2.75) is 0 Å². The van der Waals surface area contributed by atoms with E-state index in [9.17, 15) is 0 Å². The molecule has 0 bridgehead atoms. The molecule has 0 spiro atoms. The normalized spacial score (nSPS) is 11.6. The second kappa shape index (κ2) is 8.68. The van der Waals surface area contributed by atoms with Crippen molar-refractivity contribution in [2.75, 3.05) is 0 Å². The molecule has 8 aromatic rings. The standard InChI is InChI=1S/C37H24N2/c1-3-11-25(12-4-1)28-21-29(26-13-5-2-6-14-26)23-30(22-28)27-19-20-35-33(24-27)31-15-7-8-16-32(31)37-38-34-17-9-10-18-36(34)39(35)37/h1-24H. The molecule has 2 nitrogen and oxygen atoms in total. The van der Waals surface area contributed by atoms with Gasteiger partial charge in [-0.2, -0.15) is 0 Å². The highest BCUT2D eigenvalue weighted by Crippen LogP contribution is 2.37. The van der Waals surface area contributed by atoms with Gasteiger partial charge in [-0.1, -0.05) is 103 Å². The lowest BCUT2D eigenvalue weighted by Crippen LogP contribution is -1.92. The van der Waals surface area contributed by atoms with Crippen LogP contribution in [-0.2, 0) is 0 Å². The molecule has 0 fully saturated rings. The maximum Gasteiger partial charge on any atom is 0.146 e. The highest BCUT2D eigenvalue weighted by Gasteiger charge is 2.15. The van der Waals surface area contributed by atoms with E-state index >= 15 is 0 Å². The average molecular weight is 497 g/mol. The van der Waals surface area contributed by atoms with Crippen molar-refractivity contribution >= 4 is 38.4 Å². The van der Waals surface area contributed by atoms with E-state index in [1.807, 2.05) is 0 Å². The third-order valence-corrected chi connectivity index (χ3v) is 7.74. The van der Waals surface area contributed by atoms with Crippen LogP contribution >= 0.6 is 0 Å². The largest absolute Gasteiger partial charge is 0.292 e. The van der Waals surface area contributed by atoms with Gasteiger partial charge in [-0.25, -0.2) is 4.98 Å². The molecule has 2 heteroatoms. The van der Waals surface area contributed by atoms with E-state index in [1.165, 1.54) is 55.1 Å². The Labute approximate surface area is 226 Å². The number of hydrogen-bond donors (Lipinski definition) is 0. The molecule has 2 heterocycles. The van der Waals surface area contributed by atoms with Gasteiger partial charge in [-0.15, -0.1) is 0 Å². The number of nitrogens with zero attached hydrogens (tertiary/aromatic N) is 2. The molecule has 0 unspecified atom stereocenters. The molecule has 0 saturated heterocycles. The van der Waals surface area contributed by atoms with E-state index in [0.29, 0.717) is 0 Å². The highest BCUT2D eigenvalue weighted by atomic mass is 15.0. The van der Waals surface area contributed by atoms with Gasteiger partial charge in [-0.05, 0) is 81.2 Å². The Morgan fingerprint density at radius 1 is 0.359 bits per heavy atom. The Morgan fingerprint density at radius 2 is 0.923 bits per heavy atom. The molecular weight excluding hydrogens is 472 g/mol. The predicted molar refractivity (Wildman–Crippen MR) is 164 cm³/mol. The Hall–Kier alpha value is -5.21. The molecule has 0 saturated carbocycles. The summed E-state index contributed by atoms with van der Waals surface area (Å²) < 4.78 is 2.31. The van der Waals surface area contributed by atoms with Crippen LogP contribution < -0.4 is 0 Å². The first kappa shape index (κ1) is 21.8. The molecule has 0 radical (unpaired) electrons. The summed E-state index contributed by atoms with van der Waals surface area (Å²) in [6.45, 7) is 0. The first-order chi connectivity index (χ1) is 19.3. The van der Waals surface area contributed by atoms with Crippen LogP contribution in [0.3, 0.4) is 0 Å². The summed E-state index contributed by atoms with van der Waals surface area (Å²) in [6, 6.07) is 52.1. The van der Waals surface area contributed by atoms with Crippen LogP contribution in [0.25, 0.3) is 71.7 Å². The third kappa shape index (κ3) is 3.53. The minimum Gasteiger partial charge on any atom is -0.292 e. The Kier molecular flexibility index (Phi) is 4.86.